The Hall–Kier alpha value is -1.10. The normalized spacial score (nSPS) is 14.2. The molecule has 0 aliphatic rings. The molecule has 1 aromatic rings. The molecular weight excluding hydrogens is 240 g/mol. The molecule has 4 heteroatoms. The molecule has 1 aromatic carbocycles. The third-order valence-corrected chi connectivity index (χ3v) is 3.23. The van der Waals surface area contributed by atoms with Crippen molar-refractivity contribution in [2.24, 2.45) is 5.73 Å². The minimum Gasteiger partial charge on any atom is -0.383 e. The Morgan fingerprint density at radius 3 is 2.21 bits per heavy atom. The van der Waals surface area contributed by atoms with Gasteiger partial charge in [0.25, 0.3) is 0 Å². The van der Waals surface area contributed by atoms with Crippen LogP contribution in [0.3, 0.4) is 0 Å². The van der Waals surface area contributed by atoms with E-state index in [1.54, 1.807) is 14.2 Å². The number of hydrogen-bond donors (Lipinski definition) is 1. The Labute approximate surface area is 116 Å². The zero-order chi connectivity index (χ0) is 14.3. The predicted molar refractivity (Wildman–Crippen MR) is 79.6 cm³/mol. The summed E-state index contributed by atoms with van der Waals surface area (Å²) >= 11 is 0. The second-order valence-electron chi connectivity index (χ2n) is 4.87. The fourth-order valence-electron chi connectivity index (χ4n) is 2.09. The van der Waals surface area contributed by atoms with Gasteiger partial charge in [-0.3, -0.25) is 0 Å². The number of nitrogens with zero attached hydrogens (tertiary/aromatic N) is 1. The van der Waals surface area contributed by atoms with Gasteiger partial charge in [0.05, 0.1) is 13.2 Å². The molecule has 0 spiro atoms. The molecule has 4 nitrogen and oxygen atoms in total. The Bertz CT molecular complexity index is 352. The SMILES string of the molecule is COCCN(c1ccc([C@@H](C)N)cc1)C(C)COC. The second-order valence-corrected chi connectivity index (χ2v) is 4.87. The van der Waals surface area contributed by atoms with Crippen LogP contribution in [0.2, 0.25) is 0 Å². The number of hydrogen-bond acceptors (Lipinski definition) is 4. The van der Waals surface area contributed by atoms with Crippen LogP contribution in [0.4, 0.5) is 5.69 Å². The van der Waals surface area contributed by atoms with Crippen LogP contribution in [0.15, 0.2) is 24.3 Å². The molecule has 19 heavy (non-hydrogen) atoms. The van der Waals surface area contributed by atoms with Crippen molar-refractivity contribution in [2.45, 2.75) is 25.9 Å². The van der Waals surface area contributed by atoms with Gasteiger partial charge in [0, 0.05) is 38.5 Å². The highest BCUT2D eigenvalue weighted by molar-refractivity contribution is 5.49. The van der Waals surface area contributed by atoms with Gasteiger partial charge in [-0.2, -0.15) is 0 Å². The summed E-state index contributed by atoms with van der Waals surface area (Å²) in [4.78, 5) is 2.29. The Morgan fingerprint density at radius 1 is 1.11 bits per heavy atom. The van der Waals surface area contributed by atoms with E-state index in [0.717, 1.165) is 12.1 Å². The summed E-state index contributed by atoms with van der Waals surface area (Å²) in [6.07, 6.45) is 0. The number of benzene rings is 1. The zero-order valence-corrected chi connectivity index (χ0v) is 12.4. The highest BCUT2D eigenvalue weighted by Gasteiger charge is 2.14. The lowest BCUT2D eigenvalue weighted by Gasteiger charge is -2.31. The monoisotopic (exact) mass is 266 g/mol. The maximum absolute atomic E-state index is 5.87. The van der Waals surface area contributed by atoms with Crippen molar-refractivity contribution in [3.05, 3.63) is 29.8 Å². The lowest BCUT2D eigenvalue weighted by atomic mass is 10.1. The molecule has 0 aliphatic heterocycles. The van der Waals surface area contributed by atoms with Crippen LogP contribution in [-0.4, -0.2) is 40.0 Å². The molecule has 2 atom stereocenters. The smallest absolute Gasteiger partial charge is 0.0663 e. The molecule has 0 aromatic heterocycles. The molecule has 108 valence electrons. The maximum atomic E-state index is 5.87. The molecule has 0 saturated heterocycles. The van der Waals surface area contributed by atoms with Crippen molar-refractivity contribution in [1.82, 2.24) is 0 Å². The van der Waals surface area contributed by atoms with Gasteiger partial charge < -0.3 is 20.1 Å². The van der Waals surface area contributed by atoms with Crippen molar-refractivity contribution >= 4 is 5.69 Å². The van der Waals surface area contributed by atoms with Gasteiger partial charge in [0.1, 0.15) is 0 Å². The molecule has 1 unspecified atom stereocenters. The minimum atomic E-state index is 0.0675. The van der Waals surface area contributed by atoms with E-state index in [0.29, 0.717) is 19.3 Å². The Balaban J connectivity index is 2.83. The third kappa shape index (κ3) is 4.82. The number of rotatable bonds is 8. The summed E-state index contributed by atoms with van der Waals surface area (Å²) < 4.78 is 10.4. The van der Waals surface area contributed by atoms with Crippen LogP contribution in [0.25, 0.3) is 0 Å². The van der Waals surface area contributed by atoms with Crippen LogP contribution in [-0.2, 0) is 9.47 Å². The molecule has 0 amide bonds. The van der Waals surface area contributed by atoms with Crippen molar-refractivity contribution in [3.8, 4) is 0 Å². The lowest BCUT2D eigenvalue weighted by Crippen LogP contribution is -2.38. The van der Waals surface area contributed by atoms with Gasteiger partial charge in [0.2, 0.25) is 0 Å². The largest absolute Gasteiger partial charge is 0.383 e. The summed E-state index contributed by atoms with van der Waals surface area (Å²) in [5.41, 5.74) is 8.19. The first-order valence-corrected chi connectivity index (χ1v) is 6.70. The summed E-state index contributed by atoms with van der Waals surface area (Å²) in [6.45, 7) is 6.38. The van der Waals surface area contributed by atoms with Gasteiger partial charge in [-0.1, -0.05) is 12.1 Å². The van der Waals surface area contributed by atoms with Crippen LogP contribution in [0, 0.1) is 0 Å². The molecule has 2 N–H and O–H groups in total. The summed E-state index contributed by atoms with van der Waals surface area (Å²) in [7, 11) is 3.45. The van der Waals surface area contributed by atoms with Gasteiger partial charge in [-0.05, 0) is 31.5 Å². The summed E-state index contributed by atoms with van der Waals surface area (Å²) in [5, 5.41) is 0. The van der Waals surface area contributed by atoms with Crippen LogP contribution < -0.4 is 10.6 Å². The molecule has 0 bridgehead atoms. The standard InChI is InChI=1S/C15H26N2O2/c1-12(11-19-4)17(9-10-18-3)15-7-5-14(6-8-15)13(2)16/h5-8,12-13H,9-11,16H2,1-4H3/t12?,13-/m1/s1. The molecule has 1 rings (SSSR count). The van der Waals surface area contributed by atoms with E-state index >= 15 is 0 Å². The van der Waals surface area contributed by atoms with Crippen molar-refractivity contribution in [3.63, 3.8) is 0 Å². The van der Waals surface area contributed by atoms with Gasteiger partial charge in [-0.25, -0.2) is 0 Å². The van der Waals surface area contributed by atoms with Gasteiger partial charge >= 0.3 is 0 Å². The summed E-state index contributed by atoms with van der Waals surface area (Å²) in [5.74, 6) is 0. The quantitative estimate of drug-likeness (QED) is 0.783. The Morgan fingerprint density at radius 2 is 1.74 bits per heavy atom. The molecule has 0 fully saturated rings. The fraction of sp³-hybridized carbons (Fsp3) is 0.600. The van der Waals surface area contributed by atoms with Crippen LogP contribution in [0.5, 0.6) is 0 Å². The molecule has 0 saturated carbocycles. The van der Waals surface area contributed by atoms with Crippen molar-refractivity contribution in [2.75, 3.05) is 38.9 Å². The molecule has 0 heterocycles. The van der Waals surface area contributed by atoms with Gasteiger partial charge in [-0.15, -0.1) is 0 Å². The highest BCUT2D eigenvalue weighted by atomic mass is 16.5. The van der Waals surface area contributed by atoms with E-state index < -0.39 is 0 Å². The first kappa shape index (κ1) is 16.0. The predicted octanol–water partition coefficient (Wildman–Crippen LogP) is 2.19. The van der Waals surface area contributed by atoms with E-state index in [9.17, 15) is 0 Å². The van der Waals surface area contributed by atoms with Crippen LogP contribution >= 0.6 is 0 Å². The van der Waals surface area contributed by atoms with E-state index in [1.165, 1.54) is 5.69 Å². The van der Waals surface area contributed by atoms with Crippen molar-refractivity contribution in [1.29, 1.82) is 0 Å². The maximum Gasteiger partial charge on any atom is 0.0663 e. The molecular formula is C15H26N2O2. The zero-order valence-electron chi connectivity index (χ0n) is 12.4. The Kier molecular flexibility index (Phi) is 6.84. The lowest BCUT2D eigenvalue weighted by molar-refractivity contribution is 0.171. The second kappa shape index (κ2) is 8.15. The average molecular weight is 266 g/mol. The van der Waals surface area contributed by atoms with E-state index in [4.69, 9.17) is 15.2 Å². The first-order chi connectivity index (χ1) is 9.10. The topological polar surface area (TPSA) is 47.7 Å². The first-order valence-electron chi connectivity index (χ1n) is 6.70. The molecule has 0 aliphatic carbocycles. The van der Waals surface area contributed by atoms with Crippen LogP contribution in [0.1, 0.15) is 25.5 Å². The third-order valence-electron chi connectivity index (χ3n) is 3.23. The van der Waals surface area contributed by atoms with Crippen molar-refractivity contribution < 1.29 is 9.47 Å². The summed E-state index contributed by atoms with van der Waals surface area (Å²) in [6, 6.07) is 8.76. The number of methoxy groups -OCH3 is 2. The minimum absolute atomic E-state index is 0.0675. The average Bonchev–Trinajstić information content (AvgIpc) is 2.40. The van der Waals surface area contributed by atoms with E-state index in [-0.39, 0.29) is 6.04 Å². The number of ether oxygens (including phenoxy) is 2. The number of nitrogens with two attached hydrogens (primary N) is 1. The highest BCUT2D eigenvalue weighted by Crippen LogP contribution is 2.20. The fourth-order valence-corrected chi connectivity index (χ4v) is 2.09. The van der Waals surface area contributed by atoms with Gasteiger partial charge in [0.15, 0.2) is 0 Å². The van der Waals surface area contributed by atoms with E-state index in [2.05, 4.69) is 36.1 Å². The molecule has 0 radical (unpaired) electrons. The van der Waals surface area contributed by atoms with E-state index in [1.807, 2.05) is 6.92 Å². The number of anilines is 1.